The Morgan fingerprint density at radius 3 is 2.74 bits per heavy atom. The summed E-state index contributed by atoms with van der Waals surface area (Å²) < 4.78 is 1.83. The predicted molar refractivity (Wildman–Crippen MR) is 82.9 cm³/mol. The van der Waals surface area contributed by atoms with Crippen LogP contribution in [0.2, 0.25) is 0 Å². The van der Waals surface area contributed by atoms with Crippen molar-refractivity contribution < 1.29 is 9.90 Å². The van der Waals surface area contributed by atoms with Crippen molar-refractivity contribution >= 4 is 5.91 Å². The smallest absolute Gasteiger partial charge is 0.272 e. The number of aryl methyl sites for hydroxylation is 1. The molecule has 8 heteroatoms. The van der Waals surface area contributed by atoms with Crippen LogP contribution in [0.4, 0.5) is 0 Å². The second-order valence-corrected chi connectivity index (χ2v) is 6.06. The Kier molecular flexibility index (Phi) is 4.16. The van der Waals surface area contributed by atoms with Crippen LogP contribution in [0.3, 0.4) is 0 Å². The van der Waals surface area contributed by atoms with Gasteiger partial charge in [-0.1, -0.05) is 6.92 Å². The zero-order chi connectivity index (χ0) is 16.6. The summed E-state index contributed by atoms with van der Waals surface area (Å²) in [5, 5.41) is 27.3. The van der Waals surface area contributed by atoms with E-state index in [0.717, 1.165) is 36.3 Å². The van der Waals surface area contributed by atoms with Crippen LogP contribution in [0.25, 0.3) is 0 Å². The average molecular weight is 318 g/mol. The number of aromatic nitrogens is 5. The number of carbonyl (C=O) groups excluding carboxylic acids is 1. The number of amides is 1. The van der Waals surface area contributed by atoms with Crippen molar-refractivity contribution in [3.8, 4) is 0 Å². The lowest BCUT2D eigenvalue weighted by Gasteiger charge is -2.34. The van der Waals surface area contributed by atoms with Crippen molar-refractivity contribution in [1.82, 2.24) is 30.3 Å². The van der Waals surface area contributed by atoms with Crippen molar-refractivity contribution in [2.75, 3.05) is 0 Å². The van der Waals surface area contributed by atoms with Gasteiger partial charge in [0.05, 0.1) is 0 Å². The highest BCUT2D eigenvalue weighted by Gasteiger charge is 2.35. The summed E-state index contributed by atoms with van der Waals surface area (Å²) in [6.07, 6.45) is 2.48. The number of aromatic amines is 1. The maximum absolute atomic E-state index is 12.3. The lowest BCUT2D eigenvalue weighted by Crippen LogP contribution is -2.44. The summed E-state index contributed by atoms with van der Waals surface area (Å²) in [5.74, 6) is 1.57. The van der Waals surface area contributed by atoms with Crippen LogP contribution in [0.15, 0.2) is 0 Å². The van der Waals surface area contributed by atoms with Gasteiger partial charge in [0.1, 0.15) is 12.4 Å². The van der Waals surface area contributed by atoms with Crippen LogP contribution in [-0.2, 0) is 20.1 Å². The number of hydrogen-bond acceptors (Lipinski definition) is 5. The van der Waals surface area contributed by atoms with Gasteiger partial charge in [0.25, 0.3) is 5.91 Å². The van der Waals surface area contributed by atoms with E-state index in [4.69, 9.17) is 5.11 Å². The first kappa shape index (κ1) is 15.7. The van der Waals surface area contributed by atoms with Gasteiger partial charge in [-0.3, -0.25) is 9.89 Å². The topological polar surface area (TPSA) is 109 Å². The molecule has 2 heterocycles. The fraction of sp³-hybridized carbons (Fsp3) is 0.600. The maximum Gasteiger partial charge on any atom is 0.272 e. The molecule has 0 unspecified atom stereocenters. The molecule has 0 bridgehead atoms. The number of aliphatic hydroxyl groups is 1. The van der Waals surface area contributed by atoms with Crippen molar-refractivity contribution in [3.05, 3.63) is 28.6 Å². The van der Waals surface area contributed by atoms with Crippen LogP contribution in [-0.4, -0.2) is 42.0 Å². The van der Waals surface area contributed by atoms with Crippen LogP contribution in [0.5, 0.6) is 0 Å². The van der Waals surface area contributed by atoms with Gasteiger partial charge in [0.15, 0.2) is 11.5 Å². The standard InChI is InChI=1S/C15H22N6O2/c1-4-11-8(2)13(19-17-11)15(23)16-10-5-9(6-10)14-20-18-12(7-22)21(14)3/h9-10,22H,4-7H2,1-3H3,(H,16,23)(H,17,19). The van der Waals surface area contributed by atoms with Crippen molar-refractivity contribution in [1.29, 1.82) is 0 Å². The molecule has 1 saturated carbocycles. The Bertz CT molecular complexity index is 714. The van der Waals surface area contributed by atoms with Crippen molar-refractivity contribution in [3.63, 3.8) is 0 Å². The summed E-state index contributed by atoms with van der Waals surface area (Å²) >= 11 is 0. The molecule has 0 aromatic carbocycles. The third-order valence-electron chi connectivity index (χ3n) is 4.66. The SMILES string of the molecule is CCc1[nH]nc(C(=O)NC2CC(c3nnc(CO)n3C)C2)c1C. The first-order chi connectivity index (χ1) is 11.0. The number of rotatable bonds is 5. The molecule has 0 spiro atoms. The molecule has 0 saturated heterocycles. The highest BCUT2D eigenvalue weighted by molar-refractivity contribution is 5.94. The third kappa shape index (κ3) is 2.74. The molecule has 1 amide bonds. The first-order valence-electron chi connectivity index (χ1n) is 7.88. The molecule has 3 N–H and O–H groups in total. The molecule has 124 valence electrons. The third-order valence-corrected chi connectivity index (χ3v) is 4.66. The number of hydrogen-bond donors (Lipinski definition) is 3. The summed E-state index contributed by atoms with van der Waals surface area (Å²) in [5.41, 5.74) is 2.39. The molecule has 0 radical (unpaired) electrons. The Labute approximate surface area is 134 Å². The van der Waals surface area contributed by atoms with E-state index in [1.165, 1.54) is 0 Å². The quantitative estimate of drug-likeness (QED) is 0.747. The van der Waals surface area contributed by atoms with Crippen molar-refractivity contribution in [2.45, 2.75) is 51.7 Å². The minimum Gasteiger partial charge on any atom is -0.388 e. The molecule has 1 aliphatic carbocycles. The fourth-order valence-corrected chi connectivity index (χ4v) is 3.07. The second kappa shape index (κ2) is 6.11. The molecule has 0 atom stereocenters. The maximum atomic E-state index is 12.3. The molecule has 0 aliphatic heterocycles. The van der Waals surface area contributed by atoms with Gasteiger partial charge in [-0.05, 0) is 26.2 Å². The zero-order valence-electron chi connectivity index (χ0n) is 13.6. The van der Waals surface area contributed by atoms with E-state index < -0.39 is 0 Å². The monoisotopic (exact) mass is 318 g/mol. The highest BCUT2D eigenvalue weighted by Crippen LogP contribution is 2.36. The van der Waals surface area contributed by atoms with Crippen LogP contribution in [0, 0.1) is 6.92 Å². The summed E-state index contributed by atoms with van der Waals surface area (Å²) in [6, 6.07) is 0.128. The Morgan fingerprint density at radius 2 is 2.17 bits per heavy atom. The molecule has 3 rings (SSSR count). The Hall–Kier alpha value is -2.22. The normalized spacial score (nSPS) is 20.3. The highest BCUT2D eigenvalue weighted by atomic mass is 16.3. The van der Waals surface area contributed by atoms with Gasteiger partial charge in [-0.15, -0.1) is 10.2 Å². The molecule has 2 aromatic rings. The van der Waals surface area contributed by atoms with E-state index >= 15 is 0 Å². The van der Waals surface area contributed by atoms with E-state index in [-0.39, 0.29) is 24.5 Å². The number of nitrogens with zero attached hydrogens (tertiary/aromatic N) is 4. The Balaban J connectivity index is 1.58. The molecule has 1 aliphatic rings. The van der Waals surface area contributed by atoms with Gasteiger partial charge < -0.3 is 15.0 Å². The average Bonchev–Trinajstić information content (AvgIpc) is 3.05. The summed E-state index contributed by atoms with van der Waals surface area (Å²) in [4.78, 5) is 12.3. The van der Waals surface area contributed by atoms with Crippen molar-refractivity contribution in [2.24, 2.45) is 7.05 Å². The van der Waals surface area contributed by atoms with Gasteiger partial charge >= 0.3 is 0 Å². The predicted octanol–water partition coefficient (Wildman–Crippen LogP) is 0.577. The summed E-state index contributed by atoms with van der Waals surface area (Å²) in [7, 11) is 1.85. The van der Waals surface area contributed by atoms with E-state index in [9.17, 15) is 4.79 Å². The summed E-state index contributed by atoms with van der Waals surface area (Å²) in [6.45, 7) is 3.83. The number of carbonyl (C=O) groups is 1. The largest absolute Gasteiger partial charge is 0.388 e. The molecular weight excluding hydrogens is 296 g/mol. The lowest BCUT2D eigenvalue weighted by molar-refractivity contribution is 0.0901. The molecular formula is C15H22N6O2. The first-order valence-corrected chi connectivity index (χ1v) is 7.88. The fourth-order valence-electron chi connectivity index (χ4n) is 3.07. The van der Waals surface area contributed by atoms with E-state index in [1.54, 1.807) is 0 Å². The van der Waals surface area contributed by atoms with Crippen LogP contribution >= 0.6 is 0 Å². The molecule has 1 fully saturated rings. The van der Waals surface area contributed by atoms with E-state index in [0.29, 0.717) is 11.5 Å². The molecule has 23 heavy (non-hydrogen) atoms. The second-order valence-electron chi connectivity index (χ2n) is 6.06. The Morgan fingerprint density at radius 1 is 1.43 bits per heavy atom. The minimum absolute atomic E-state index is 0.116. The van der Waals surface area contributed by atoms with Crippen LogP contribution in [0.1, 0.15) is 59.1 Å². The van der Waals surface area contributed by atoms with E-state index in [2.05, 4.69) is 25.7 Å². The van der Waals surface area contributed by atoms with Crippen LogP contribution < -0.4 is 5.32 Å². The van der Waals surface area contributed by atoms with Gasteiger partial charge in [-0.25, -0.2) is 0 Å². The molecule has 2 aromatic heterocycles. The number of H-pyrrole nitrogens is 1. The van der Waals surface area contributed by atoms with E-state index in [1.807, 2.05) is 25.5 Å². The molecule has 8 nitrogen and oxygen atoms in total. The number of aliphatic hydroxyl groups excluding tert-OH is 1. The van der Waals surface area contributed by atoms with Gasteiger partial charge in [0, 0.05) is 30.3 Å². The zero-order valence-corrected chi connectivity index (χ0v) is 13.6. The number of nitrogens with one attached hydrogen (secondary N) is 2. The lowest BCUT2D eigenvalue weighted by atomic mass is 9.79. The minimum atomic E-state index is -0.129. The van der Waals surface area contributed by atoms with Gasteiger partial charge in [0.2, 0.25) is 0 Å². The van der Waals surface area contributed by atoms with Gasteiger partial charge in [-0.2, -0.15) is 5.10 Å².